The number of thiocarbonyl (C=S) groups is 1. The van der Waals surface area contributed by atoms with Crippen LogP contribution in [0.15, 0.2) is 42.5 Å². The molecular formula is C20H18ClN3O4S. The highest BCUT2D eigenvalue weighted by molar-refractivity contribution is 7.80. The lowest BCUT2D eigenvalue weighted by atomic mass is 10.1. The van der Waals surface area contributed by atoms with Gasteiger partial charge in [-0.1, -0.05) is 17.7 Å². The number of hydrogen-bond acceptors (Lipinski definition) is 5. The molecule has 1 atom stereocenters. The second-order valence-electron chi connectivity index (χ2n) is 6.63. The topological polar surface area (TPSA) is 71.1 Å². The summed E-state index contributed by atoms with van der Waals surface area (Å²) in [4.78, 5) is 28.7. The van der Waals surface area contributed by atoms with E-state index in [9.17, 15) is 9.59 Å². The molecule has 0 unspecified atom stereocenters. The van der Waals surface area contributed by atoms with Crippen LogP contribution in [0, 0.1) is 0 Å². The fraction of sp³-hybridized carbons (Fsp3) is 0.250. The SMILES string of the molecule is CNC(=S)N(Cc1ccc2c(c1)OCO2)[C@H]1CC(=O)N(c2ccc(Cl)cc2)C1=O. The van der Waals surface area contributed by atoms with E-state index in [1.807, 2.05) is 18.2 Å². The molecule has 29 heavy (non-hydrogen) atoms. The molecule has 0 bridgehead atoms. The highest BCUT2D eigenvalue weighted by Gasteiger charge is 2.43. The van der Waals surface area contributed by atoms with E-state index in [1.54, 1.807) is 36.2 Å². The molecule has 0 radical (unpaired) electrons. The van der Waals surface area contributed by atoms with E-state index in [-0.39, 0.29) is 25.0 Å². The molecule has 0 aromatic heterocycles. The molecule has 2 aromatic carbocycles. The van der Waals surface area contributed by atoms with Gasteiger partial charge in [-0.15, -0.1) is 0 Å². The summed E-state index contributed by atoms with van der Waals surface area (Å²) >= 11 is 11.4. The molecular weight excluding hydrogens is 414 g/mol. The molecule has 1 N–H and O–H groups in total. The monoisotopic (exact) mass is 431 g/mol. The number of rotatable bonds is 4. The number of benzene rings is 2. The Kier molecular flexibility index (Phi) is 5.29. The summed E-state index contributed by atoms with van der Waals surface area (Å²) in [6.45, 7) is 0.525. The zero-order valence-corrected chi connectivity index (χ0v) is 17.1. The number of carbonyl (C=O) groups is 2. The third-order valence-corrected chi connectivity index (χ3v) is 5.54. The largest absolute Gasteiger partial charge is 0.454 e. The van der Waals surface area contributed by atoms with E-state index >= 15 is 0 Å². The predicted molar refractivity (Wildman–Crippen MR) is 112 cm³/mol. The van der Waals surface area contributed by atoms with Crippen LogP contribution in [-0.4, -0.2) is 41.7 Å². The quantitative estimate of drug-likeness (QED) is 0.589. The zero-order chi connectivity index (χ0) is 20.5. The molecule has 0 spiro atoms. The first-order valence-electron chi connectivity index (χ1n) is 8.97. The first-order valence-corrected chi connectivity index (χ1v) is 9.76. The van der Waals surface area contributed by atoms with Crippen molar-refractivity contribution in [3.8, 4) is 11.5 Å². The van der Waals surface area contributed by atoms with Crippen LogP contribution in [-0.2, 0) is 16.1 Å². The van der Waals surface area contributed by atoms with Gasteiger partial charge in [-0.2, -0.15) is 0 Å². The average molecular weight is 432 g/mol. The van der Waals surface area contributed by atoms with Crippen molar-refractivity contribution in [1.82, 2.24) is 10.2 Å². The van der Waals surface area contributed by atoms with E-state index in [0.717, 1.165) is 5.56 Å². The fourth-order valence-electron chi connectivity index (χ4n) is 3.42. The summed E-state index contributed by atoms with van der Waals surface area (Å²) in [5, 5.41) is 3.83. The van der Waals surface area contributed by atoms with E-state index in [4.69, 9.17) is 33.3 Å². The summed E-state index contributed by atoms with van der Waals surface area (Å²) in [7, 11) is 1.69. The molecule has 1 saturated heterocycles. The Hall–Kier alpha value is -2.84. The molecule has 2 aromatic rings. The Bertz CT molecular complexity index is 982. The number of hydrogen-bond donors (Lipinski definition) is 1. The molecule has 2 amide bonds. The molecule has 9 heteroatoms. The Labute approximate surface area is 178 Å². The molecule has 7 nitrogen and oxygen atoms in total. The Balaban J connectivity index is 1.60. The van der Waals surface area contributed by atoms with Gasteiger partial charge in [0.05, 0.1) is 12.1 Å². The molecule has 0 saturated carbocycles. The Morgan fingerprint density at radius 1 is 1.21 bits per heavy atom. The van der Waals surface area contributed by atoms with Crippen molar-refractivity contribution in [2.24, 2.45) is 0 Å². The van der Waals surface area contributed by atoms with Crippen LogP contribution < -0.4 is 19.7 Å². The number of nitrogens with zero attached hydrogens (tertiary/aromatic N) is 2. The minimum absolute atomic E-state index is 0.0355. The van der Waals surface area contributed by atoms with Crippen LogP contribution >= 0.6 is 23.8 Å². The van der Waals surface area contributed by atoms with Gasteiger partial charge in [-0.05, 0) is 54.2 Å². The second-order valence-corrected chi connectivity index (χ2v) is 7.46. The van der Waals surface area contributed by atoms with Gasteiger partial charge in [-0.3, -0.25) is 9.59 Å². The highest BCUT2D eigenvalue weighted by Crippen LogP contribution is 2.34. The van der Waals surface area contributed by atoms with Crippen LogP contribution in [0.1, 0.15) is 12.0 Å². The van der Waals surface area contributed by atoms with Gasteiger partial charge in [0.2, 0.25) is 12.7 Å². The number of imide groups is 1. The second kappa shape index (κ2) is 7.88. The molecule has 0 aliphatic carbocycles. The van der Waals surface area contributed by atoms with E-state index < -0.39 is 6.04 Å². The highest BCUT2D eigenvalue weighted by atomic mass is 35.5. The van der Waals surface area contributed by atoms with Gasteiger partial charge in [0.25, 0.3) is 5.91 Å². The average Bonchev–Trinajstić information content (AvgIpc) is 3.30. The molecule has 2 aliphatic heterocycles. The number of fused-ring (bicyclic) bond motifs is 1. The molecule has 150 valence electrons. The van der Waals surface area contributed by atoms with Gasteiger partial charge in [0.15, 0.2) is 16.6 Å². The third-order valence-electron chi connectivity index (χ3n) is 4.85. The number of nitrogens with one attached hydrogen (secondary N) is 1. The van der Waals surface area contributed by atoms with Crippen molar-refractivity contribution in [1.29, 1.82) is 0 Å². The van der Waals surface area contributed by atoms with Crippen molar-refractivity contribution < 1.29 is 19.1 Å². The van der Waals surface area contributed by atoms with Gasteiger partial charge < -0.3 is 19.7 Å². The lowest BCUT2D eigenvalue weighted by Crippen LogP contribution is -2.48. The van der Waals surface area contributed by atoms with Crippen LogP contribution in [0.5, 0.6) is 11.5 Å². The van der Waals surface area contributed by atoms with E-state index in [2.05, 4.69) is 5.32 Å². The summed E-state index contributed by atoms with van der Waals surface area (Å²) < 4.78 is 10.8. The van der Waals surface area contributed by atoms with Gasteiger partial charge in [0.1, 0.15) is 6.04 Å². The van der Waals surface area contributed by atoms with Gasteiger partial charge in [-0.25, -0.2) is 4.90 Å². The predicted octanol–water partition coefficient (Wildman–Crippen LogP) is 2.71. The third kappa shape index (κ3) is 3.73. The van der Waals surface area contributed by atoms with E-state index in [1.165, 1.54) is 4.90 Å². The molecule has 2 heterocycles. The number of anilines is 1. The number of ether oxygens (including phenoxy) is 2. The normalized spacial score (nSPS) is 17.6. The van der Waals surface area contributed by atoms with Crippen molar-refractivity contribution in [2.45, 2.75) is 19.0 Å². The van der Waals surface area contributed by atoms with Gasteiger partial charge >= 0.3 is 0 Å². The first kappa shape index (κ1) is 19.5. The minimum atomic E-state index is -0.705. The summed E-state index contributed by atoms with van der Waals surface area (Å²) in [5.74, 6) is 0.722. The maximum atomic E-state index is 13.1. The lowest BCUT2D eigenvalue weighted by molar-refractivity contribution is -0.122. The zero-order valence-electron chi connectivity index (χ0n) is 15.6. The molecule has 1 fully saturated rings. The lowest BCUT2D eigenvalue weighted by Gasteiger charge is -2.29. The minimum Gasteiger partial charge on any atom is -0.454 e. The molecule has 4 rings (SSSR count). The summed E-state index contributed by atoms with van der Waals surface area (Å²) in [6.07, 6.45) is 0.0355. The van der Waals surface area contributed by atoms with Crippen LogP contribution in [0.25, 0.3) is 0 Å². The van der Waals surface area contributed by atoms with E-state index in [0.29, 0.717) is 33.9 Å². The maximum absolute atomic E-state index is 13.1. The van der Waals surface area contributed by atoms with Crippen molar-refractivity contribution in [3.63, 3.8) is 0 Å². The maximum Gasteiger partial charge on any atom is 0.257 e. The fourth-order valence-corrected chi connectivity index (χ4v) is 3.74. The van der Waals surface area contributed by atoms with Crippen molar-refractivity contribution in [3.05, 3.63) is 53.1 Å². The standard InChI is InChI=1S/C20H18ClN3O4S/c1-22-20(29)23(10-12-2-7-16-17(8-12)28-11-27-16)15-9-18(25)24(19(15)26)14-5-3-13(21)4-6-14/h2-8,15H,9-11H2,1H3,(H,22,29)/t15-/m0/s1. The van der Waals surface area contributed by atoms with Crippen LogP contribution in [0.4, 0.5) is 5.69 Å². The van der Waals surface area contributed by atoms with Gasteiger partial charge in [0, 0.05) is 18.6 Å². The van der Waals surface area contributed by atoms with Crippen LogP contribution in [0.2, 0.25) is 5.02 Å². The number of amides is 2. The first-order chi connectivity index (χ1) is 14.0. The number of halogens is 1. The van der Waals surface area contributed by atoms with Crippen LogP contribution in [0.3, 0.4) is 0 Å². The summed E-state index contributed by atoms with van der Waals surface area (Å²) in [6, 6.07) is 11.4. The van der Waals surface area contributed by atoms with Crippen molar-refractivity contribution in [2.75, 3.05) is 18.7 Å². The van der Waals surface area contributed by atoms with Crippen molar-refractivity contribution >= 4 is 46.4 Å². The molecule has 2 aliphatic rings. The Morgan fingerprint density at radius 2 is 1.93 bits per heavy atom. The Morgan fingerprint density at radius 3 is 2.66 bits per heavy atom. The number of carbonyl (C=O) groups excluding carboxylic acids is 2. The summed E-state index contributed by atoms with van der Waals surface area (Å²) in [5.41, 5.74) is 1.38. The smallest absolute Gasteiger partial charge is 0.257 e.